The van der Waals surface area contributed by atoms with E-state index in [0.717, 1.165) is 48.7 Å². The van der Waals surface area contributed by atoms with Crippen molar-refractivity contribution in [3.05, 3.63) is 71.3 Å². The number of hydrogen-bond donors (Lipinski definition) is 1. The largest absolute Gasteiger partial charge is 0.328 e. The number of benzene rings is 2. The second-order valence-corrected chi connectivity index (χ2v) is 6.40. The van der Waals surface area contributed by atoms with Gasteiger partial charge in [-0.15, -0.1) is 0 Å². The van der Waals surface area contributed by atoms with Crippen LogP contribution in [-0.2, 0) is 12.8 Å². The summed E-state index contributed by atoms with van der Waals surface area (Å²) in [4.78, 5) is 9.80. The predicted molar refractivity (Wildman–Crippen MR) is 112 cm³/mol. The highest BCUT2D eigenvalue weighted by Crippen LogP contribution is 2.24. The molecule has 0 aromatic heterocycles. The highest BCUT2D eigenvalue weighted by molar-refractivity contribution is 6.13. The molecule has 0 atom stereocenters. The molecule has 0 unspecified atom stereocenters. The SMILES string of the molecule is CCC1=CCC(=Nc2ccccc2CC)NC1=Nc1ccccc1CC. The number of para-hydroxylation sites is 2. The quantitative estimate of drug-likeness (QED) is 0.719. The van der Waals surface area contributed by atoms with Gasteiger partial charge >= 0.3 is 0 Å². The molecule has 0 bridgehead atoms. The summed E-state index contributed by atoms with van der Waals surface area (Å²) in [5.41, 5.74) is 5.85. The average Bonchev–Trinajstić information content (AvgIpc) is 2.69. The molecular weight excluding hydrogens is 318 g/mol. The zero-order valence-corrected chi connectivity index (χ0v) is 15.9. The second kappa shape index (κ2) is 8.61. The summed E-state index contributed by atoms with van der Waals surface area (Å²) in [6.45, 7) is 6.50. The van der Waals surface area contributed by atoms with E-state index in [1.807, 2.05) is 12.1 Å². The summed E-state index contributed by atoms with van der Waals surface area (Å²) in [7, 11) is 0. The lowest BCUT2D eigenvalue weighted by molar-refractivity contribution is 1.07. The highest BCUT2D eigenvalue weighted by Gasteiger charge is 2.15. The third-order valence-electron chi connectivity index (χ3n) is 4.72. The van der Waals surface area contributed by atoms with Crippen molar-refractivity contribution in [2.24, 2.45) is 9.98 Å². The lowest BCUT2D eigenvalue weighted by Gasteiger charge is -2.20. The molecule has 2 aromatic carbocycles. The molecule has 3 nitrogen and oxygen atoms in total. The Balaban J connectivity index is 1.96. The number of nitrogens with one attached hydrogen (secondary N) is 1. The van der Waals surface area contributed by atoms with Crippen molar-refractivity contribution in [1.29, 1.82) is 0 Å². The monoisotopic (exact) mass is 345 g/mol. The van der Waals surface area contributed by atoms with Crippen LogP contribution in [0.2, 0.25) is 0 Å². The maximum absolute atomic E-state index is 4.93. The first-order chi connectivity index (χ1) is 12.7. The Labute approximate surface area is 156 Å². The zero-order chi connectivity index (χ0) is 18.4. The predicted octanol–water partition coefficient (Wildman–Crippen LogP) is 5.90. The van der Waals surface area contributed by atoms with Gasteiger partial charge in [0.05, 0.1) is 11.4 Å². The Bertz CT molecular complexity index is 859. The smallest absolute Gasteiger partial charge is 0.134 e. The van der Waals surface area contributed by atoms with Crippen molar-refractivity contribution in [3.8, 4) is 0 Å². The number of aryl methyl sites for hydroxylation is 2. The van der Waals surface area contributed by atoms with E-state index < -0.39 is 0 Å². The molecule has 0 fully saturated rings. The van der Waals surface area contributed by atoms with E-state index in [2.05, 4.69) is 68.6 Å². The minimum Gasteiger partial charge on any atom is -0.328 e. The lowest BCUT2D eigenvalue weighted by atomic mass is 10.1. The van der Waals surface area contributed by atoms with Crippen LogP contribution in [0.15, 0.2) is 70.2 Å². The molecule has 1 aliphatic heterocycles. The molecule has 0 saturated heterocycles. The molecule has 0 radical (unpaired) electrons. The van der Waals surface area contributed by atoms with Gasteiger partial charge in [-0.2, -0.15) is 0 Å². The maximum atomic E-state index is 4.93. The van der Waals surface area contributed by atoms with E-state index in [-0.39, 0.29) is 0 Å². The molecule has 26 heavy (non-hydrogen) atoms. The standard InChI is InChI=1S/C23H27N3/c1-4-17-11-7-9-13-20(17)24-22-16-15-19(6-3)23(26-22)25-21-14-10-8-12-18(21)5-2/h7-15H,4-6,16H2,1-3H3,(H,24,25,26). The van der Waals surface area contributed by atoms with E-state index in [0.29, 0.717) is 0 Å². The molecule has 1 heterocycles. The highest BCUT2D eigenvalue weighted by atomic mass is 15.1. The summed E-state index contributed by atoms with van der Waals surface area (Å²) in [5.74, 6) is 1.88. The Morgan fingerprint density at radius 1 is 0.769 bits per heavy atom. The van der Waals surface area contributed by atoms with Gasteiger partial charge in [0.1, 0.15) is 11.7 Å². The Morgan fingerprint density at radius 3 is 1.92 bits per heavy atom. The summed E-state index contributed by atoms with van der Waals surface area (Å²) in [6, 6.07) is 16.7. The molecule has 0 amide bonds. The van der Waals surface area contributed by atoms with Crippen molar-refractivity contribution in [3.63, 3.8) is 0 Å². The first-order valence-electron chi connectivity index (χ1n) is 9.53. The molecule has 0 saturated carbocycles. The van der Waals surface area contributed by atoms with Crippen molar-refractivity contribution in [2.75, 3.05) is 0 Å². The summed E-state index contributed by atoms with van der Waals surface area (Å²) < 4.78 is 0. The van der Waals surface area contributed by atoms with Crippen LogP contribution in [0.4, 0.5) is 11.4 Å². The third kappa shape index (κ3) is 4.10. The number of rotatable bonds is 5. The fourth-order valence-electron chi connectivity index (χ4n) is 3.17. The van der Waals surface area contributed by atoms with Gasteiger partial charge in [0, 0.05) is 6.42 Å². The van der Waals surface area contributed by atoms with Crippen molar-refractivity contribution < 1.29 is 0 Å². The maximum Gasteiger partial charge on any atom is 0.134 e. The Morgan fingerprint density at radius 2 is 1.35 bits per heavy atom. The molecule has 0 spiro atoms. The van der Waals surface area contributed by atoms with Crippen LogP contribution >= 0.6 is 0 Å². The van der Waals surface area contributed by atoms with Gasteiger partial charge in [-0.25, -0.2) is 9.98 Å². The molecule has 134 valence electrons. The van der Waals surface area contributed by atoms with Gasteiger partial charge in [-0.05, 0) is 48.1 Å². The van der Waals surface area contributed by atoms with Crippen molar-refractivity contribution in [1.82, 2.24) is 5.32 Å². The van der Waals surface area contributed by atoms with E-state index >= 15 is 0 Å². The van der Waals surface area contributed by atoms with Crippen LogP contribution in [0.25, 0.3) is 0 Å². The van der Waals surface area contributed by atoms with Crippen LogP contribution in [0.5, 0.6) is 0 Å². The summed E-state index contributed by atoms with van der Waals surface area (Å²) in [6.07, 6.45) is 5.97. The van der Waals surface area contributed by atoms with E-state index in [1.165, 1.54) is 16.7 Å². The van der Waals surface area contributed by atoms with Crippen molar-refractivity contribution >= 4 is 23.0 Å². The van der Waals surface area contributed by atoms with Gasteiger partial charge in [0.15, 0.2) is 0 Å². The number of hydrogen-bond acceptors (Lipinski definition) is 2. The van der Waals surface area contributed by atoms with E-state index in [9.17, 15) is 0 Å². The Hall–Kier alpha value is -2.68. The normalized spacial score (nSPS) is 17.3. The molecule has 1 aliphatic rings. The number of nitrogens with zero attached hydrogens (tertiary/aromatic N) is 2. The van der Waals surface area contributed by atoms with E-state index in [1.54, 1.807) is 0 Å². The van der Waals surface area contributed by atoms with Gasteiger partial charge in [-0.1, -0.05) is 63.2 Å². The molecule has 1 N–H and O–H groups in total. The van der Waals surface area contributed by atoms with Crippen LogP contribution in [0, 0.1) is 0 Å². The van der Waals surface area contributed by atoms with Crippen LogP contribution in [0.3, 0.4) is 0 Å². The minimum atomic E-state index is 0.815. The summed E-state index contributed by atoms with van der Waals surface area (Å²) >= 11 is 0. The number of amidine groups is 2. The van der Waals surface area contributed by atoms with Crippen LogP contribution in [0.1, 0.15) is 44.7 Å². The van der Waals surface area contributed by atoms with Gasteiger partial charge in [0.2, 0.25) is 0 Å². The number of aliphatic imine (C=N–C) groups is 2. The Kier molecular flexibility index (Phi) is 6.00. The first kappa shape index (κ1) is 18.1. The van der Waals surface area contributed by atoms with Crippen molar-refractivity contribution in [2.45, 2.75) is 46.5 Å². The van der Waals surface area contributed by atoms with E-state index in [4.69, 9.17) is 9.98 Å². The average molecular weight is 345 g/mol. The molecule has 2 aromatic rings. The van der Waals surface area contributed by atoms with Gasteiger partial charge < -0.3 is 5.32 Å². The molecule has 3 heteroatoms. The minimum absolute atomic E-state index is 0.815. The lowest BCUT2D eigenvalue weighted by Crippen LogP contribution is -2.34. The van der Waals surface area contributed by atoms with Gasteiger partial charge in [-0.3, -0.25) is 0 Å². The van der Waals surface area contributed by atoms with Crippen LogP contribution < -0.4 is 5.32 Å². The third-order valence-corrected chi connectivity index (χ3v) is 4.72. The fourth-order valence-corrected chi connectivity index (χ4v) is 3.17. The molecule has 3 rings (SSSR count). The summed E-state index contributed by atoms with van der Waals surface area (Å²) in [5, 5.41) is 3.49. The van der Waals surface area contributed by atoms with Gasteiger partial charge in [0.25, 0.3) is 0 Å². The van der Waals surface area contributed by atoms with Crippen LogP contribution in [-0.4, -0.2) is 11.7 Å². The topological polar surface area (TPSA) is 36.8 Å². The zero-order valence-electron chi connectivity index (χ0n) is 15.9. The fraction of sp³-hybridized carbons (Fsp3) is 0.304. The first-order valence-corrected chi connectivity index (χ1v) is 9.53. The molecule has 0 aliphatic carbocycles. The second-order valence-electron chi connectivity index (χ2n) is 6.40. The molecular formula is C23H27N3.